The summed E-state index contributed by atoms with van der Waals surface area (Å²) in [6.07, 6.45) is 0. The molecule has 0 radical (unpaired) electrons. The second-order valence-corrected chi connectivity index (χ2v) is 8.22. The minimum Gasteiger partial charge on any atom is -0.334 e. The summed E-state index contributed by atoms with van der Waals surface area (Å²) < 4.78 is 0. The van der Waals surface area contributed by atoms with Crippen molar-refractivity contribution in [2.75, 3.05) is 32.7 Å². The molecule has 1 aromatic carbocycles. The monoisotopic (exact) mass is 386 g/mol. The molecule has 1 fully saturated rings. The smallest absolute Gasteiger partial charge is 0.277 e. The van der Waals surface area contributed by atoms with Gasteiger partial charge in [0.1, 0.15) is 6.04 Å². The molecule has 2 amide bonds. The molecule has 144 valence electrons. The molecule has 2 heterocycles. The van der Waals surface area contributed by atoms with Gasteiger partial charge in [-0.1, -0.05) is 50.2 Å². The third kappa shape index (κ3) is 4.96. The van der Waals surface area contributed by atoms with Crippen LogP contribution in [0.5, 0.6) is 0 Å². The van der Waals surface area contributed by atoms with Gasteiger partial charge in [-0.2, -0.15) is 0 Å². The maximum atomic E-state index is 12.7. The molecular formula is C21H28N3O2S+. The predicted octanol–water partition coefficient (Wildman–Crippen LogP) is 1.99. The van der Waals surface area contributed by atoms with Crippen LogP contribution in [-0.2, 0) is 4.79 Å². The molecule has 0 saturated carbocycles. The topological polar surface area (TPSA) is 57.2 Å². The Bertz CT molecular complexity index is 738. The van der Waals surface area contributed by atoms with Crippen molar-refractivity contribution in [2.24, 2.45) is 5.92 Å². The molecule has 27 heavy (non-hydrogen) atoms. The standard InChI is InChI=1S/C21H27N3O2S/c1-16(2)20(17-7-4-3-5-8-17)22-15-19(25)23-10-12-24(13-11-23)21(26)18-9-6-14-27-18/h3-9,14,16,20,22H,10-13,15H2,1-2H3/p+1/t20-/m1/s1. The zero-order valence-corrected chi connectivity index (χ0v) is 16.8. The third-order valence-corrected chi connectivity index (χ3v) is 5.96. The normalized spacial score (nSPS) is 15.8. The summed E-state index contributed by atoms with van der Waals surface area (Å²) in [6.45, 7) is 7.25. The summed E-state index contributed by atoms with van der Waals surface area (Å²) in [4.78, 5) is 29.6. The van der Waals surface area contributed by atoms with Gasteiger partial charge in [0, 0.05) is 37.7 Å². The molecule has 2 N–H and O–H groups in total. The molecule has 6 heteroatoms. The Hall–Kier alpha value is -2.18. The number of rotatable bonds is 6. The molecule has 0 spiro atoms. The predicted molar refractivity (Wildman–Crippen MR) is 108 cm³/mol. The van der Waals surface area contributed by atoms with E-state index in [9.17, 15) is 9.59 Å². The quantitative estimate of drug-likeness (QED) is 0.826. The van der Waals surface area contributed by atoms with E-state index in [-0.39, 0.29) is 17.9 Å². The van der Waals surface area contributed by atoms with Crippen molar-refractivity contribution < 1.29 is 14.9 Å². The Morgan fingerprint density at radius 2 is 1.67 bits per heavy atom. The van der Waals surface area contributed by atoms with Gasteiger partial charge in [-0.05, 0) is 11.4 Å². The molecule has 1 aliphatic rings. The van der Waals surface area contributed by atoms with Gasteiger partial charge in [-0.3, -0.25) is 9.59 Å². The molecule has 0 unspecified atom stereocenters. The van der Waals surface area contributed by atoms with E-state index in [1.807, 2.05) is 45.5 Å². The van der Waals surface area contributed by atoms with Crippen molar-refractivity contribution >= 4 is 23.2 Å². The minimum atomic E-state index is 0.0765. The first-order valence-corrected chi connectivity index (χ1v) is 10.4. The highest BCUT2D eigenvalue weighted by molar-refractivity contribution is 7.12. The third-order valence-electron chi connectivity index (χ3n) is 5.10. The van der Waals surface area contributed by atoms with Crippen LogP contribution in [0.15, 0.2) is 47.8 Å². The molecule has 1 aromatic heterocycles. The van der Waals surface area contributed by atoms with E-state index in [0.717, 1.165) is 4.88 Å². The number of benzene rings is 1. The van der Waals surface area contributed by atoms with Crippen molar-refractivity contribution in [1.29, 1.82) is 0 Å². The van der Waals surface area contributed by atoms with Crippen LogP contribution in [0.1, 0.15) is 35.1 Å². The highest BCUT2D eigenvalue weighted by Crippen LogP contribution is 2.17. The molecule has 5 nitrogen and oxygen atoms in total. The van der Waals surface area contributed by atoms with Crippen molar-refractivity contribution in [3.63, 3.8) is 0 Å². The summed E-state index contributed by atoms with van der Waals surface area (Å²) >= 11 is 1.47. The number of nitrogens with zero attached hydrogens (tertiary/aromatic N) is 2. The van der Waals surface area contributed by atoms with Gasteiger partial charge in [0.15, 0.2) is 6.54 Å². The first-order chi connectivity index (χ1) is 13.1. The summed E-state index contributed by atoms with van der Waals surface area (Å²) in [5.41, 5.74) is 1.26. The first-order valence-electron chi connectivity index (χ1n) is 9.55. The Kier molecular flexibility index (Phi) is 6.63. The fourth-order valence-corrected chi connectivity index (χ4v) is 4.23. The number of hydrogen-bond acceptors (Lipinski definition) is 3. The Morgan fingerprint density at radius 1 is 1.00 bits per heavy atom. The van der Waals surface area contributed by atoms with Gasteiger partial charge in [0.25, 0.3) is 11.8 Å². The van der Waals surface area contributed by atoms with Crippen molar-refractivity contribution in [2.45, 2.75) is 19.9 Å². The molecule has 3 rings (SSSR count). The fraction of sp³-hybridized carbons (Fsp3) is 0.429. The minimum absolute atomic E-state index is 0.0765. The van der Waals surface area contributed by atoms with Crippen molar-refractivity contribution in [3.8, 4) is 0 Å². The van der Waals surface area contributed by atoms with E-state index in [1.165, 1.54) is 16.9 Å². The molecule has 0 bridgehead atoms. The second-order valence-electron chi connectivity index (χ2n) is 7.27. The van der Waals surface area contributed by atoms with Crippen molar-refractivity contribution in [3.05, 3.63) is 58.3 Å². The van der Waals surface area contributed by atoms with Crippen LogP contribution in [0.2, 0.25) is 0 Å². The first kappa shape index (κ1) is 19.6. The van der Waals surface area contributed by atoms with Crippen LogP contribution < -0.4 is 5.32 Å². The van der Waals surface area contributed by atoms with Crippen LogP contribution in [0.4, 0.5) is 0 Å². The molecule has 2 aromatic rings. The number of nitrogens with two attached hydrogens (primary N) is 1. The van der Waals surface area contributed by atoms with Crippen LogP contribution >= 0.6 is 11.3 Å². The molecule has 1 aliphatic heterocycles. The van der Waals surface area contributed by atoms with E-state index in [2.05, 4.69) is 31.3 Å². The summed E-state index contributed by atoms with van der Waals surface area (Å²) in [5, 5.41) is 4.06. The Labute approximate surface area is 165 Å². The van der Waals surface area contributed by atoms with Gasteiger partial charge < -0.3 is 15.1 Å². The Morgan fingerprint density at radius 3 is 2.26 bits per heavy atom. The largest absolute Gasteiger partial charge is 0.334 e. The van der Waals surface area contributed by atoms with Gasteiger partial charge >= 0.3 is 0 Å². The SMILES string of the molecule is CC(C)[C@@H]([NH2+]CC(=O)N1CCN(C(=O)c2cccs2)CC1)c1ccccc1. The summed E-state index contributed by atoms with van der Waals surface area (Å²) in [5.74, 6) is 0.674. The molecular weight excluding hydrogens is 358 g/mol. The molecule has 1 saturated heterocycles. The van der Waals surface area contributed by atoms with E-state index in [4.69, 9.17) is 0 Å². The van der Waals surface area contributed by atoms with Crippen molar-refractivity contribution in [1.82, 2.24) is 9.80 Å². The van der Waals surface area contributed by atoms with Crippen LogP contribution in [0.3, 0.4) is 0 Å². The van der Waals surface area contributed by atoms with E-state index in [0.29, 0.717) is 38.6 Å². The van der Waals surface area contributed by atoms with Crippen LogP contribution in [-0.4, -0.2) is 54.3 Å². The number of hydrogen-bond donors (Lipinski definition) is 1. The summed E-state index contributed by atoms with van der Waals surface area (Å²) in [6, 6.07) is 14.4. The second kappa shape index (κ2) is 9.15. The van der Waals surface area contributed by atoms with E-state index >= 15 is 0 Å². The zero-order chi connectivity index (χ0) is 19.2. The number of carbonyl (C=O) groups excluding carboxylic acids is 2. The molecule has 0 aliphatic carbocycles. The summed E-state index contributed by atoms with van der Waals surface area (Å²) in [7, 11) is 0. The molecule has 1 atom stereocenters. The van der Waals surface area contributed by atoms with Gasteiger partial charge in [0.05, 0.1) is 4.88 Å². The van der Waals surface area contributed by atoms with Gasteiger partial charge in [0.2, 0.25) is 0 Å². The number of thiophene rings is 1. The van der Waals surface area contributed by atoms with E-state index < -0.39 is 0 Å². The maximum absolute atomic E-state index is 12.7. The van der Waals surface area contributed by atoms with E-state index in [1.54, 1.807) is 0 Å². The number of carbonyl (C=O) groups is 2. The van der Waals surface area contributed by atoms with Crippen LogP contribution in [0, 0.1) is 5.92 Å². The zero-order valence-electron chi connectivity index (χ0n) is 16.0. The lowest BCUT2D eigenvalue weighted by Crippen LogP contribution is -2.88. The highest BCUT2D eigenvalue weighted by atomic mass is 32.1. The lowest BCUT2D eigenvalue weighted by molar-refractivity contribution is -0.692. The lowest BCUT2D eigenvalue weighted by atomic mass is 9.96. The highest BCUT2D eigenvalue weighted by Gasteiger charge is 2.27. The number of quaternary nitrogens is 1. The Balaban J connectivity index is 1.50. The maximum Gasteiger partial charge on any atom is 0.277 e. The average molecular weight is 387 g/mol. The fourth-order valence-electron chi connectivity index (χ4n) is 3.54. The lowest BCUT2D eigenvalue weighted by Gasteiger charge is -2.34. The van der Waals surface area contributed by atoms with Crippen LogP contribution in [0.25, 0.3) is 0 Å². The van der Waals surface area contributed by atoms with Gasteiger partial charge in [-0.15, -0.1) is 11.3 Å². The number of amides is 2. The average Bonchev–Trinajstić information content (AvgIpc) is 3.23. The van der Waals surface area contributed by atoms with Gasteiger partial charge in [-0.25, -0.2) is 0 Å². The number of piperazine rings is 1.